The Kier molecular flexibility index (Phi) is 4.30. The van der Waals surface area contributed by atoms with Gasteiger partial charge in [0.1, 0.15) is 0 Å². The average Bonchev–Trinajstić information content (AvgIpc) is 2.78. The summed E-state index contributed by atoms with van der Waals surface area (Å²) in [6.07, 6.45) is 0. The first-order chi connectivity index (χ1) is 11.7. The SMILES string of the molecule is Cc1cc2c(cc1S(=O)(=O)N[C@@H](C)c1ccccc1)n(C)c(=O)n2C. The average molecular weight is 359 g/mol. The van der Waals surface area contributed by atoms with Gasteiger partial charge in [-0.25, -0.2) is 17.9 Å². The Balaban J connectivity index is 2.07. The van der Waals surface area contributed by atoms with Crippen LogP contribution < -0.4 is 10.4 Å². The molecule has 1 aromatic heterocycles. The molecule has 7 heteroatoms. The standard InChI is InChI=1S/C18H21N3O3S/c1-12-10-15-16(21(4)18(22)20(15)3)11-17(12)25(23,24)19-13(2)14-8-6-5-7-9-14/h5-11,13,19H,1-4H3/t13-/m0/s1. The molecule has 0 aliphatic rings. The van der Waals surface area contributed by atoms with Crippen molar-refractivity contribution < 1.29 is 8.42 Å². The molecular weight excluding hydrogens is 338 g/mol. The molecule has 25 heavy (non-hydrogen) atoms. The highest BCUT2D eigenvalue weighted by molar-refractivity contribution is 7.89. The topological polar surface area (TPSA) is 73.1 Å². The largest absolute Gasteiger partial charge is 0.328 e. The Labute approximate surface area is 146 Å². The van der Waals surface area contributed by atoms with Crippen LogP contribution in [0.5, 0.6) is 0 Å². The number of sulfonamides is 1. The Hall–Kier alpha value is -2.38. The molecule has 3 rings (SSSR count). The summed E-state index contributed by atoms with van der Waals surface area (Å²) in [7, 11) is -0.415. The van der Waals surface area contributed by atoms with E-state index in [1.807, 2.05) is 30.3 Å². The Morgan fingerprint density at radius 2 is 1.56 bits per heavy atom. The van der Waals surface area contributed by atoms with Gasteiger partial charge in [0.25, 0.3) is 0 Å². The van der Waals surface area contributed by atoms with Crippen molar-refractivity contribution in [2.75, 3.05) is 0 Å². The third-order valence-electron chi connectivity index (χ3n) is 4.49. The number of aromatic nitrogens is 2. The van der Waals surface area contributed by atoms with Crippen LogP contribution in [0.1, 0.15) is 24.1 Å². The summed E-state index contributed by atoms with van der Waals surface area (Å²) >= 11 is 0. The third-order valence-corrected chi connectivity index (χ3v) is 6.17. The highest BCUT2D eigenvalue weighted by atomic mass is 32.2. The number of fused-ring (bicyclic) bond motifs is 1. The van der Waals surface area contributed by atoms with E-state index >= 15 is 0 Å². The van der Waals surface area contributed by atoms with E-state index in [9.17, 15) is 13.2 Å². The first kappa shape index (κ1) is 17.4. The molecule has 1 atom stereocenters. The summed E-state index contributed by atoms with van der Waals surface area (Å²) in [4.78, 5) is 12.3. The van der Waals surface area contributed by atoms with Gasteiger partial charge in [0.15, 0.2) is 0 Å². The number of imidazole rings is 1. The molecule has 0 radical (unpaired) electrons. The second-order valence-electron chi connectivity index (χ2n) is 6.26. The lowest BCUT2D eigenvalue weighted by atomic mass is 10.1. The van der Waals surface area contributed by atoms with Crippen LogP contribution in [0.25, 0.3) is 11.0 Å². The van der Waals surface area contributed by atoms with Crippen molar-refractivity contribution in [3.05, 3.63) is 64.1 Å². The van der Waals surface area contributed by atoms with Crippen LogP contribution in [0.15, 0.2) is 52.2 Å². The van der Waals surface area contributed by atoms with Crippen LogP contribution in [0.2, 0.25) is 0 Å². The molecule has 0 bridgehead atoms. The summed E-state index contributed by atoms with van der Waals surface area (Å²) in [6, 6.07) is 12.3. The predicted molar refractivity (Wildman–Crippen MR) is 98.1 cm³/mol. The number of benzene rings is 2. The highest BCUT2D eigenvalue weighted by Gasteiger charge is 2.22. The van der Waals surface area contributed by atoms with Gasteiger partial charge in [0, 0.05) is 20.1 Å². The zero-order valence-corrected chi connectivity index (χ0v) is 15.5. The second kappa shape index (κ2) is 6.16. The van der Waals surface area contributed by atoms with Crippen molar-refractivity contribution in [1.29, 1.82) is 0 Å². The van der Waals surface area contributed by atoms with Gasteiger partial charge in [0.2, 0.25) is 10.0 Å². The number of hydrogen-bond donors (Lipinski definition) is 1. The van der Waals surface area contributed by atoms with Crippen molar-refractivity contribution in [1.82, 2.24) is 13.9 Å². The Bertz CT molecular complexity index is 1100. The highest BCUT2D eigenvalue weighted by Crippen LogP contribution is 2.24. The fraction of sp³-hybridized carbons (Fsp3) is 0.278. The van der Waals surface area contributed by atoms with Crippen molar-refractivity contribution in [3.63, 3.8) is 0 Å². The van der Waals surface area contributed by atoms with Crippen LogP contribution in [0, 0.1) is 6.92 Å². The van der Waals surface area contributed by atoms with Crippen LogP contribution in [-0.4, -0.2) is 17.6 Å². The van der Waals surface area contributed by atoms with E-state index in [4.69, 9.17) is 0 Å². The van der Waals surface area contributed by atoms with Gasteiger partial charge in [-0.1, -0.05) is 30.3 Å². The normalized spacial score (nSPS) is 13.3. The van der Waals surface area contributed by atoms with Crippen molar-refractivity contribution >= 4 is 21.1 Å². The van der Waals surface area contributed by atoms with Crippen molar-refractivity contribution in [3.8, 4) is 0 Å². The summed E-state index contributed by atoms with van der Waals surface area (Å²) in [5.41, 5.74) is 2.60. The minimum absolute atomic E-state index is 0.184. The minimum atomic E-state index is -3.72. The van der Waals surface area contributed by atoms with Crippen LogP contribution >= 0.6 is 0 Å². The number of rotatable bonds is 4. The maximum absolute atomic E-state index is 12.9. The molecule has 132 valence electrons. The molecule has 0 spiro atoms. The molecule has 0 fully saturated rings. The monoisotopic (exact) mass is 359 g/mol. The molecule has 0 saturated heterocycles. The van der Waals surface area contributed by atoms with Gasteiger partial charge < -0.3 is 0 Å². The molecule has 0 amide bonds. The summed E-state index contributed by atoms with van der Waals surface area (Å²) in [5.74, 6) is 0. The quantitative estimate of drug-likeness (QED) is 0.776. The first-order valence-corrected chi connectivity index (χ1v) is 9.44. The molecule has 1 heterocycles. The first-order valence-electron chi connectivity index (χ1n) is 7.95. The zero-order chi connectivity index (χ0) is 18.4. The Morgan fingerprint density at radius 3 is 2.16 bits per heavy atom. The second-order valence-corrected chi connectivity index (χ2v) is 7.94. The fourth-order valence-corrected chi connectivity index (χ4v) is 4.50. The fourth-order valence-electron chi connectivity index (χ4n) is 3.03. The molecule has 3 aromatic rings. The van der Waals surface area contributed by atoms with E-state index in [1.165, 1.54) is 9.13 Å². The van der Waals surface area contributed by atoms with Gasteiger partial charge in [-0.15, -0.1) is 0 Å². The summed E-state index contributed by atoms with van der Waals surface area (Å²) in [5, 5.41) is 0. The minimum Gasteiger partial charge on any atom is -0.295 e. The van der Waals surface area contributed by atoms with Crippen molar-refractivity contribution in [2.45, 2.75) is 24.8 Å². The molecule has 0 aliphatic carbocycles. The van der Waals surface area contributed by atoms with E-state index in [-0.39, 0.29) is 16.6 Å². The maximum Gasteiger partial charge on any atom is 0.328 e. The third kappa shape index (κ3) is 3.01. The van der Waals surface area contributed by atoms with Crippen molar-refractivity contribution in [2.24, 2.45) is 14.1 Å². The van der Waals surface area contributed by atoms with E-state index < -0.39 is 10.0 Å². The molecular formula is C18H21N3O3S. The lowest BCUT2D eigenvalue weighted by Gasteiger charge is -2.16. The Morgan fingerprint density at radius 1 is 1.00 bits per heavy atom. The van der Waals surface area contributed by atoms with Crippen LogP contribution in [-0.2, 0) is 24.1 Å². The summed E-state index contributed by atoms with van der Waals surface area (Å²) < 4.78 is 31.4. The van der Waals surface area contributed by atoms with Gasteiger partial charge in [-0.05, 0) is 37.1 Å². The van der Waals surface area contributed by atoms with E-state index in [0.29, 0.717) is 16.6 Å². The van der Waals surface area contributed by atoms with E-state index in [1.54, 1.807) is 40.1 Å². The van der Waals surface area contributed by atoms with Gasteiger partial charge in [-0.2, -0.15) is 0 Å². The summed E-state index contributed by atoms with van der Waals surface area (Å²) in [6.45, 7) is 3.54. The lowest BCUT2D eigenvalue weighted by molar-refractivity contribution is 0.566. The van der Waals surface area contributed by atoms with Crippen LogP contribution in [0.3, 0.4) is 0 Å². The van der Waals surface area contributed by atoms with Gasteiger partial charge in [0.05, 0.1) is 15.9 Å². The van der Waals surface area contributed by atoms with E-state index in [2.05, 4.69) is 4.72 Å². The number of nitrogens with one attached hydrogen (secondary N) is 1. The van der Waals surface area contributed by atoms with Gasteiger partial charge in [-0.3, -0.25) is 9.13 Å². The maximum atomic E-state index is 12.9. The van der Waals surface area contributed by atoms with Gasteiger partial charge >= 0.3 is 5.69 Å². The molecule has 6 nitrogen and oxygen atoms in total. The lowest BCUT2D eigenvalue weighted by Crippen LogP contribution is -2.27. The number of nitrogens with zero attached hydrogens (tertiary/aromatic N) is 2. The molecule has 0 saturated carbocycles. The van der Waals surface area contributed by atoms with Crippen LogP contribution in [0.4, 0.5) is 0 Å². The number of hydrogen-bond acceptors (Lipinski definition) is 3. The molecule has 0 unspecified atom stereocenters. The zero-order valence-electron chi connectivity index (χ0n) is 14.6. The number of aryl methyl sites for hydroxylation is 3. The smallest absolute Gasteiger partial charge is 0.295 e. The van der Waals surface area contributed by atoms with E-state index in [0.717, 1.165) is 5.56 Å². The molecule has 0 aliphatic heterocycles. The predicted octanol–water partition coefficient (Wildman–Crippen LogP) is 2.22. The molecule has 1 N–H and O–H groups in total. The molecule has 2 aromatic carbocycles.